The quantitative estimate of drug-likeness (QED) is 0.471. The SMILES string of the molecule is Cc1cccc(-c2sc(C)nc2C(=O)N2C[C@@H]3C[C@@H]3[C@H]2CNC(=O)c2cn3ccsc3n2)c1. The summed E-state index contributed by atoms with van der Waals surface area (Å²) >= 11 is 3.05. The van der Waals surface area contributed by atoms with Gasteiger partial charge in [-0.2, -0.15) is 0 Å². The summed E-state index contributed by atoms with van der Waals surface area (Å²) in [7, 11) is 0. The van der Waals surface area contributed by atoms with Crippen LogP contribution in [0.15, 0.2) is 42.0 Å². The molecule has 1 aromatic carbocycles. The Morgan fingerprint density at radius 2 is 2.12 bits per heavy atom. The summed E-state index contributed by atoms with van der Waals surface area (Å²) in [4.78, 5) is 39.0. The van der Waals surface area contributed by atoms with Crippen molar-refractivity contribution in [3.8, 4) is 10.4 Å². The molecule has 1 saturated carbocycles. The summed E-state index contributed by atoms with van der Waals surface area (Å²) < 4.78 is 1.85. The highest BCUT2D eigenvalue weighted by Crippen LogP contribution is 2.50. The zero-order chi connectivity index (χ0) is 22.7. The predicted octanol–water partition coefficient (Wildman–Crippen LogP) is 4.03. The summed E-state index contributed by atoms with van der Waals surface area (Å²) in [5.41, 5.74) is 3.11. The van der Waals surface area contributed by atoms with Crippen molar-refractivity contribution in [3.63, 3.8) is 0 Å². The summed E-state index contributed by atoms with van der Waals surface area (Å²) in [5, 5.41) is 5.84. The van der Waals surface area contributed by atoms with E-state index in [2.05, 4.69) is 34.3 Å². The first-order valence-electron chi connectivity index (χ1n) is 11.0. The molecule has 7 nitrogen and oxygen atoms in total. The van der Waals surface area contributed by atoms with Crippen LogP contribution in [0.5, 0.6) is 0 Å². The number of aryl methyl sites for hydroxylation is 2. The second kappa shape index (κ2) is 7.78. The van der Waals surface area contributed by atoms with Crippen LogP contribution in [0, 0.1) is 25.7 Å². The lowest BCUT2D eigenvalue weighted by Gasteiger charge is -2.27. The van der Waals surface area contributed by atoms with Gasteiger partial charge in [-0.1, -0.05) is 29.8 Å². The Hall–Kier alpha value is -3.04. The summed E-state index contributed by atoms with van der Waals surface area (Å²) in [6.07, 6.45) is 4.74. The zero-order valence-electron chi connectivity index (χ0n) is 18.3. The van der Waals surface area contributed by atoms with Gasteiger partial charge in [0.15, 0.2) is 4.96 Å². The normalized spacial score (nSPS) is 21.4. The van der Waals surface area contributed by atoms with Gasteiger partial charge in [-0.25, -0.2) is 9.97 Å². The Labute approximate surface area is 199 Å². The Kier molecular flexibility index (Phi) is 4.84. The van der Waals surface area contributed by atoms with E-state index >= 15 is 0 Å². The van der Waals surface area contributed by atoms with Crippen molar-refractivity contribution in [2.75, 3.05) is 13.1 Å². The Morgan fingerprint density at radius 1 is 1.24 bits per heavy atom. The molecule has 4 heterocycles. The number of likely N-dealkylation sites (tertiary alicyclic amines) is 1. The van der Waals surface area contributed by atoms with Gasteiger partial charge in [0.1, 0.15) is 11.4 Å². The van der Waals surface area contributed by atoms with E-state index in [-0.39, 0.29) is 17.9 Å². The van der Waals surface area contributed by atoms with Crippen molar-refractivity contribution in [3.05, 3.63) is 64.0 Å². The van der Waals surface area contributed by atoms with E-state index in [0.717, 1.165) is 38.9 Å². The maximum Gasteiger partial charge on any atom is 0.274 e. The van der Waals surface area contributed by atoms with Crippen molar-refractivity contribution < 1.29 is 9.59 Å². The minimum absolute atomic E-state index is 0.0115. The zero-order valence-corrected chi connectivity index (χ0v) is 19.9. The Morgan fingerprint density at radius 3 is 2.94 bits per heavy atom. The topological polar surface area (TPSA) is 79.6 Å². The number of imidazole rings is 1. The van der Waals surface area contributed by atoms with E-state index in [0.29, 0.717) is 29.8 Å². The average molecular weight is 478 g/mol. The minimum atomic E-state index is -0.202. The molecule has 6 rings (SSSR count). The van der Waals surface area contributed by atoms with Crippen LogP contribution in [0.1, 0.15) is 38.0 Å². The fourth-order valence-corrected chi connectivity index (χ4v) is 6.49. The van der Waals surface area contributed by atoms with Gasteiger partial charge in [0, 0.05) is 30.9 Å². The second-order valence-corrected chi connectivity index (χ2v) is 11.0. The number of nitrogens with zero attached hydrogens (tertiary/aromatic N) is 4. The van der Waals surface area contributed by atoms with Gasteiger partial charge in [-0.15, -0.1) is 22.7 Å². The molecule has 33 heavy (non-hydrogen) atoms. The molecule has 2 fully saturated rings. The highest BCUT2D eigenvalue weighted by molar-refractivity contribution is 7.15. The molecular formula is C24H23N5O2S2. The number of piperidine rings is 1. The number of thiazole rings is 2. The first-order chi connectivity index (χ1) is 16.0. The lowest BCUT2D eigenvalue weighted by molar-refractivity contribution is 0.0690. The van der Waals surface area contributed by atoms with Gasteiger partial charge in [0.05, 0.1) is 15.9 Å². The second-order valence-electron chi connectivity index (χ2n) is 8.89. The highest BCUT2D eigenvalue weighted by atomic mass is 32.1. The van der Waals surface area contributed by atoms with Crippen LogP contribution in [0.3, 0.4) is 0 Å². The van der Waals surface area contributed by atoms with Gasteiger partial charge in [-0.05, 0) is 37.7 Å². The third-order valence-electron chi connectivity index (χ3n) is 6.58. The average Bonchev–Trinajstić information content (AvgIpc) is 3.17. The number of rotatable bonds is 5. The van der Waals surface area contributed by atoms with Crippen molar-refractivity contribution in [1.29, 1.82) is 0 Å². The number of aromatic nitrogens is 3. The number of fused-ring (bicyclic) bond motifs is 2. The number of benzene rings is 1. The van der Waals surface area contributed by atoms with Crippen molar-refractivity contribution >= 4 is 39.4 Å². The molecule has 4 aromatic rings. The first kappa shape index (κ1) is 20.6. The molecule has 0 radical (unpaired) electrons. The third kappa shape index (κ3) is 3.65. The van der Waals surface area contributed by atoms with Gasteiger partial charge < -0.3 is 10.2 Å². The third-order valence-corrected chi connectivity index (χ3v) is 8.37. The molecule has 2 amide bonds. The molecule has 3 aromatic heterocycles. The fourth-order valence-electron chi connectivity index (χ4n) is 4.88. The van der Waals surface area contributed by atoms with Gasteiger partial charge in [0.25, 0.3) is 11.8 Å². The van der Waals surface area contributed by atoms with Crippen LogP contribution < -0.4 is 5.32 Å². The molecule has 0 bridgehead atoms. The molecule has 168 valence electrons. The van der Waals surface area contributed by atoms with Crippen LogP contribution in [0.4, 0.5) is 0 Å². The molecule has 1 N–H and O–H groups in total. The molecule has 9 heteroatoms. The lowest BCUT2D eigenvalue weighted by atomic mass is 10.1. The van der Waals surface area contributed by atoms with E-state index in [4.69, 9.17) is 0 Å². The molecule has 1 aliphatic heterocycles. The van der Waals surface area contributed by atoms with Crippen LogP contribution in [0.2, 0.25) is 0 Å². The van der Waals surface area contributed by atoms with Crippen LogP contribution in [0.25, 0.3) is 15.4 Å². The number of amides is 2. The van der Waals surface area contributed by atoms with E-state index in [9.17, 15) is 9.59 Å². The smallest absolute Gasteiger partial charge is 0.274 e. The monoisotopic (exact) mass is 477 g/mol. The Balaban J connectivity index is 1.22. The van der Waals surface area contributed by atoms with Crippen LogP contribution in [-0.4, -0.2) is 50.2 Å². The summed E-state index contributed by atoms with van der Waals surface area (Å²) in [6.45, 7) is 5.15. The van der Waals surface area contributed by atoms with E-state index in [1.54, 1.807) is 17.5 Å². The number of carbonyl (C=O) groups is 2. The number of hydrogen-bond donors (Lipinski definition) is 1. The molecular weight excluding hydrogens is 454 g/mol. The maximum atomic E-state index is 13.7. The maximum absolute atomic E-state index is 13.7. The van der Waals surface area contributed by atoms with E-state index in [1.807, 2.05) is 39.9 Å². The number of carbonyl (C=O) groups excluding carboxylic acids is 2. The molecule has 3 atom stereocenters. The molecule has 1 aliphatic carbocycles. The number of hydrogen-bond acceptors (Lipinski definition) is 6. The van der Waals surface area contributed by atoms with Gasteiger partial charge in [-0.3, -0.25) is 14.0 Å². The van der Waals surface area contributed by atoms with Crippen LogP contribution in [-0.2, 0) is 0 Å². The largest absolute Gasteiger partial charge is 0.349 e. The fraction of sp³-hybridized carbons (Fsp3) is 0.333. The van der Waals surface area contributed by atoms with Gasteiger partial charge >= 0.3 is 0 Å². The van der Waals surface area contributed by atoms with Crippen LogP contribution >= 0.6 is 22.7 Å². The molecule has 2 aliphatic rings. The molecule has 0 unspecified atom stereocenters. The van der Waals surface area contributed by atoms with Crippen molar-refractivity contribution in [2.45, 2.75) is 26.3 Å². The first-order valence-corrected chi connectivity index (χ1v) is 12.7. The highest BCUT2D eigenvalue weighted by Gasteiger charge is 2.54. The summed E-state index contributed by atoms with van der Waals surface area (Å²) in [6, 6.07) is 8.18. The Bertz CT molecular complexity index is 1360. The van der Waals surface area contributed by atoms with Crippen molar-refractivity contribution in [2.24, 2.45) is 11.8 Å². The lowest BCUT2D eigenvalue weighted by Crippen LogP contribution is -2.45. The van der Waals surface area contributed by atoms with Crippen molar-refractivity contribution in [1.82, 2.24) is 24.6 Å². The molecule has 0 spiro atoms. The number of nitrogens with one attached hydrogen (secondary N) is 1. The predicted molar refractivity (Wildman–Crippen MR) is 129 cm³/mol. The summed E-state index contributed by atoms with van der Waals surface area (Å²) in [5.74, 6) is 0.731. The molecule has 1 saturated heterocycles. The van der Waals surface area contributed by atoms with E-state index < -0.39 is 0 Å². The van der Waals surface area contributed by atoms with Gasteiger partial charge in [0.2, 0.25) is 0 Å². The minimum Gasteiger partial charge on any atom is -0.349 e. The van der Waals surface area contributed by atoms with E-state index in [1.165, 1.54) is 11.3 Å². The standard InChI is InChI=1S/C24H23N5O2S2/c1-13-4-3-5-15(8-13)21-20(26-14(2)33-21)23(31)29-11-16-9-17(16)19(29)10-25-22(30)18-12-28-6-7-32-24(28)27-18/h3-8,12,16-17,19H,9-11H2,1-2H3,(H,25,30)/t16-,17-,19+/m0/s1.